The Bertz CT molecular complexity index is 3850. The molecule has 11 aromatic rings. The average Bonchev–Trinajstić information content (AvgIpc) is 4.03. The summed E-state index contributed by atoms with van der Waals surface area (Å²) >= 11 is -0.925. The molecule has 0 bridgehead atoms. The molecule has 0 amide bonds. The first-order valence-corrected chi connectivity index (χ1v) is 25.4. The van der Waals surface area contributed by atoms with Crippen LogP contribution in [0.5, 0.6) is 0 Å². The monoisotopic (exact) mass is 977 g/mol. The number of fused-ring (bicyclic) bond motifs is 14. The molecular weight excluding hydrogens is 938 g/mol. The number of hydrogen-bond donors (Lipinski definition) is 0. The van der Waals surface area contributed by atoms with E-state index in [-0.39, 0.29) is 0 Å². The number of hydrogen-bond acceptors (Lipinski definition) is 2. The van der Waals surface area contributed by atoms with Gasteiger partial charge in [0.05, 0.1) is 16.4 Å². The Balaban J connectivity index is 1.01. The van der Waals surface area contributed by atoms with E-state index in [2.05, 4.69) is 247 Å². The third-order valence-corrected chi connectivity index (χ3v) is 16.7. The van der Waals surface area contributed by atoms with Crippen LogP contribution >= 0.6 is 20.7 Å². The molecule has 0 fully saturated rings. The maximum atomic E-state index is 5.64. The van der Waals surface area contributed by atoms with E-state index < -0.39 is 26.1 Å². The van der Waals surface area contributed by atoms with Gasteiger partial charge in [-0.05, 0) is 123 Å². The molecule has 4 heteroatoms. The summed E-state index contributed by atoms with van der Waals surface area (Å²) in [6, 6.07) is 88.9. The van der Waals surface area contributed by atoms with Gasteiger partial charge in [-0.1, -0.05) is 212 Å². The molecular formula is C64H40IN3. The number of nitrogens with zero attached hydrogens (tertiary/aromatic N) is 3. The van der Waals surface area contributed by atoms with E-state index in [9.17, 15) is 0 Å². The number of halogens is 1. The molecule has 1 aromatic heterocycles. The SMILES string of the molecule is c1ccc(C2=NC(n3c4ccccc4c4ccc5c(c43)-c3ccccc3C53c4ccccc4-c4ccccc43)=IC(c3cccc(-c4cc(-c5ccccc5)cc(-c5ccccc5)c4)c3)=N2)cc1. The molecule has 2 heterocycles. The number of amidine groups is 1. The zero-order valence-corrected chi connectivity index (χ0v) is 39.0. The Labute approximate surface area is 404 Å². The summed E-state index contributed by atoms with van der Waals surface area (Å²) in [5.74, 6) is 0.735. The van der Waals surface area contributed by atoms with E-state index in [0.717, 1.165) is 35.5 Å². The predicted molar refractivity (Wildman–Crippen MR) is 292 cm³/mol. The molecule has 0 N–H and O–H groups in total. The molecule has 10 aromatic carbocycles. The zero-order chi connectivity index (χ0) is 44.8. The van der Waals surface area contributed by atoms with Gasteiger partial charge in [0.25, 0.3) is 0 Å². The number of benzene rings is 10. The Morgan fingerprint density at radius 3 is 1.47 bits per heavy atom. The lowest BCUT2D eigenvalue weighted by atomic mass is 9.70. The van der Waals surface area contributed by atoms with Crippen LogP contribution in [0.3, 0.4) is 0 Å². The van der Waals surface area contributed by atoms with Crippen molar-refractivity contribution in [2.45, 2.75) is 5.41 Å². The van der Waals surface area contributed by atoms with Gasteiger partial charge in [0.1, 0.15) is 3.72 Å². The first-order chi connectivity index (χ1) is 33.7. The van der Waals surface area contributed by atoms with E-state index in [1.807, 2.05) is 0 Å². The van der Waals surface area contributed by atoms with Gasteiger partial charge >= 0.3 is 0 Å². The van der Waals surface area contributed by atoms with Gasteiger partial charge in [0, 0.05) is 27.5 Å². The summed E-state index contributed by atoms with van der Waals surface area (Å²) in [5, 5.41) is 2.46. The van der Waals surface area contributed by atoms with Crippen LogP contribution in [0.4, 0.5) is 0 Å². The molecule has 1 spiro atoms. The molecule has 0 saturated heterocycles. The smallest absolute Gasteiger partial charge is 0.174 e. The highest BCUT2D eigenvalue weighted by Gasteiger charge is 2.52. The summed E-state index contributed by atoms with van der Waals surface area (Å²) in [7, 11) is 0. The van der Waals surface area contributed by atoms with E-state index in [1.165, 1.54) is 88.6 Å². The van der Waals surface area contributed by atoms with Gasteiger partial charge in [0.2, 0.25) is 0 Å². The number of aromatic nitrogens is 1. The van der Waals surface area contributed by atoms with Gasteiger partial charge in [-0.2, -0.15) is 0 Å². The molecule has 0 atom stereocenters. The van der Waals surface area contributed by atoms with Crippen LogP contribution in [-0.2, 0) is 5.41 Å². The first-order valence-electron chi connectivity index (χ1n) is 23.2. The lowest BCUT2D eigenvalue weighted by Crippen LogP contribution is -2.25. The molecule has 0 radical (unpaired) electrons. The molecule has 14 rings (SSSR count). The van der Waals surface area contributed by atoms with Crippen molar-refractivity contribution in [2.24, 2.45) is 9.98 Å². The maximum absolute atomic E-state index is 5.64. The van der Waals surface area contributed by atoms with Crippen molar-refractivity contribution < 1.29 is 0 Å². The highest BCUT2D eigenvalue weighted by molar-refractivity contribution is 14.2. The third-order valence-electron chi connectivity index (χ3n) is 14.2. The Morgan fingerprint density at radius 2 is 0.824 bits per heavy atom. The van der Waals surface area contributed by atoms with Gasteiger partial charge < -0.3 is 0 Å². The fraction of sp³-hybridized carbons (Fsp3) is 0.0156. The van der Waals surface area contributed by atoms with Crippen LogP contribution in [0.25, 0.3) is 77.4 Å². The number of aliphatic imine (C=N–C) groups is 2. The third kappa shape index (κ3) is 5.87. The van der Waals surface area contributed by atoms with Crippen LogP contribution in [0, 0.1) is 0 Å². The maximum Gasteiger partial charge on any atom is 0.174 e. The standard InChI is InChI=1S/C64H40IN3/c1-4-19-41(20-5-1)46-38-47(42-21-6-2-7-22-42)40-48(39-46)44-25-18-26-45(37-44)61-65-63(67-62(66-61)43-23-8-3-9-24-43)68-58-34-17-13-29-51(58)52-35-36-57-59(60(52)68)53-30-12-16-33-56(53)64(57)54-31-14-10-27-49(54)50-28-11-15-32-55(50)64/h1-40H. The minimum Gasteiger partial charge on any atom is -0.288 e. The van der Waals surface area contributed by atoms with Crippen LogP contribution in [-0.4, -0.2) is 17.9 Å². The van der Waals surface area contributed by atoms with E-state index in [4.69, 9.17) is 9.98 Å². The summed E-state index contributed by atoms with van der Waals surface area (Å²) < 4.78 is 4.67. The normalized spacial score (nSPS) is 14.1. The quantitative estimate of drug-likeness (QED) is 0.149. The van der Waals surface area contributed by atoms with Crippen molar-refractivity contribution >= 4 is 55.8 Å². The lowest BCUT2D eigenvalue weighted by Gasteiger charge is -2.30. The molecule has 3 aliphatic rings. The predicted octanol–water partition coefficient (Wildman–Crippen LogP) is 16.0. The molecule has 3 nitrogen and oxygen atoms in total. The van der Waals surface area contributed by atoms with Crippen molar-refractivity contribution in [3.05, 3.63) is 276 Å². The Hall–Kier alpha value is -8.06. The molecule has 68 heavy (non-hydrogen) atoms. The minimum atomic E-state index is -0.925. The van der Waals surface area contributed by atoms with E-state index in [0.29, 0.717) is 0 Å². The number of rotatable bonds is 6. The second kappa shape index (κ2) is 15.5. The van der Waals surface area contributed by atoms with Crippen molar-refractivity contribution in [3.63, 3.8) is 0 Å². The lowest BCUT2D eigenvalue weighted by molar-refractivity contribution is 0.794. The highest BCUT2D eigenvalue weighted by Crippen LogP contribution is 2.64. The van der Waals surface area contributed by atoms with Gasteiger partial charge in [-0.3, -0.25) is 4.57 Å². The van der Waals surface area contributed by atoms with Crippen molar-refractivity contribution in [1.29, 1.82) is 0 Å². The molecule has 0 unspecified atom stereocenters. The Morgan fingerprint density at radius 1 is 0.338 bits per heavy atom. The average molecular weight is 978 g/mol. The topological polar surface area (TPSA) is 29.6 Å². The molecule has 318 valence electrons. The van der Waals surface area contributed by atoms with Gasteiger partial charge in [-0.25, -0.2) is 9.98 Å². The van der Waals surface area contributed by atoms with Crippen molar-refractivity contribution in [3.8, 4) is 55.6 Å². The van der Waals surface area contributed by atoms with Crippen LogP contribution in [0.15, 0.2) is 253 Å². The zero-order valence-electron chi connectivity index (χ0n) is 36.8. The number of para-hydroxylation sites is 1. The second-order valence-electron chi connectivity index (χ2n) is 17.8. The van der Waals surface area contributed by atoms with Crippen LogP contribution in [0.2, 0.25) is 0 Å². The highest BCUT2D eigenvalue weighted by atomic mass is 127. The van der Waals surface area contributed by atoms with Crippen LogP contribution < -0.4 is 0 Å². The van der Waals surface area contributed by atoms with Crippen LogP contribution in [0.1, 0.15) is 33.4 Å². The first kappa shape index (κ1) is 39.1. The molecule has 1 aliphatic heterocycles. The molecule has 2 aliphatic carbocycles. The summed E-state index contributed by atoms with van der Waals surface area (Å²) in [6.07, 6.45) is 0. The summed E-state index contributed by atoms with van der Waals surface area (Å²) in [4.78, 5) is 11.1. The van der Waals surface area contributed by atoms with E-state index in [1.54, 1.807) is 0 Å². The van der Waals surface area contributed by atoms with E-state index >= 15 is 0 Å². The minimum absolute atomic E-state index is 0.454. The molecule has 0 saturated carbocycles. The fourth-order valence-corrected chi connectivity index (χ4v) is 13.8. The van der Waals surface area contributed by atoms with Crippen molar-refractivity contribution in [2.75, 3.05) is 0 Å². The Kier molecular flexibility index (Phi) is 8.93. The summed E-state index contributed by atoms with van der Waals surface area (Å²) in [5.41, 5.74) is 21.7. The summed E-state index contributed by atoms with van der Waals surface area (Å²) in [6.45, 7) is 0. The van der Waals surface area contributed by atoms with Crippen molar-refractivity contribution in [1.82, 2.24) is 4.57 Å². The second-order valence-corrected chi connectivity index (χ2v) is 20.3. The van der Waals surface area contributed by atoms with Gasteiger partial charge in [-0.15, -0.1) is 0 Å². The fourth-order valence-electron chi connectivity index (χ4n) is 11.3. The largest absolute Gasteiger partial charge is 0.288 e. The van der Waals surface area contributed by atoms with Gasteiger partial charge in [0.15, 0.2) is 9.59 Å².